The second-order valence-corrected chi connectivity index (χ2v) is 6.88. The fraction of sp³-hybridized carbons (Fsp3) is 0.350. The van der Waals surface area contributed by atoms with Gasteiger partial charge >= 0.3 is 0 Å². The van der Waals surface area contributed by atoms with Crippen LogP contribution in [0.1, 0.15) is 24.2 Å². The summed E-state index contributed by atoms with van der Waals surface area (Å²) in [6.07, 6.45) is 0.127. The molecule has 5 heteroatoms. The Morgan fingerprint density at radius 2 is 1.56 bits per heavy atom. The van der Waals surface area contributed by atoms with Crippen LogP contribution >= 0.6 is 11.6 Å². The first kappa shape index (κ1) is 17.6. The van der Waals surface area contributed by atoms with Crippen LogP contribution in [0.5, 0.6) is 5.75 Å². The van der Waals surface area contributed by atoms with Gasteiger partial charge in [-0.05, 0) is 62.4 Å². The fourth-order valence-corrected chi connectivity index (χ4v) is 3.08. The number of halogens is 1. The van der Waals surface area contributed by atoms with Crippen LogP contribution in [0.2, 0.25) is 5.02 Å². The zero-order chi connectivity index (χ0) is 17.8. The van der Waals surface area contributed by atoms with E-state index in [-0.39, 0.29) is 12.0 Å². The standard InChI is InChI=1S/C20H23ClN2O2/c1-15(2)25-19-9-3-16(4-10-19)20(24)23-13-11-22(12-14-23)18-7-5-17(21)6-8-18/h3-10,15H,11-14H2,1-2H3. The molecule has 2 aromatic rings. The van der Waals surface area contributed by atoms with Gasteiger partial charge in [-0.2, -0.15) is 0 Å². The van der Waals surface area contributed by atoms with Crippen molar-refractivity contribution in [1.82, 2.24) is 4.90 Å². The van der Waals surface area contributed by atoms with Crippen LogP contribution in [0, 0.1) is 0 Å². The Hall–Kier alpha value is -2.20. The summed E-state index contributed by atoms with van der Waals surface area (Å²) >= 11 is 5.94. The van der Waals surface area contributed by atoms with E-state index in [0.29, 0.717) is 18.7 Å². The van der Waals surface area contributed by atoms with Crippen molar-refractivity contribution < 1.29 is 9.53 Å². The van der Waals surface area contributed by atoms with E-state index >= 15 is 0 Å². The van der Waals surface area contributed by atoms with Gasteiger partial charge in [0.2, 0.25) is 0 Å². The summed E-state index contributed by atoms with van der Waals surface area (Å²) in [5.41, 5.74) is 1.85. The minimum absolute atomic E-state index is 0.0758. The normalized spacial score (nSPS) is 14.7. The number of anilines is 1. The topological polar surface area (TPSA) is 32.8 Å². The maximum absolute atomic E-state index is 12.7. The summed E-state index contributed by atoms with van der Waals surface area (Å²) in [6.45, 7) is 7.04. The van der Waals surface area contributed by atoms with Gasteiger partial charge in [0.05, 0.1) is 6.10 Å². The van der Waals surface area contributed by atoms with E-state index in [0.717, 1.165) is 29.5 Å². The monoisotopic (exact) mass is 358 g/mol. The molecule has 1 aliphatic heterocycles. The van der Waals surface area contributed by atoms with Crippen molar-refractivity contribution in [2.45, 2.75) is 20.0 Å². The number of amides is 1. The van der Waals surface area contributed by atoms with Gasteiger partial charge in [-0.1, -0.05) is 11.6 Å². The molecule has 0 aromatic heterocycles. The molecule has 0 unspecified atom stereocenters. The van der Waals surface area contributed by atoms with E-state index in [1.807, 2.05) is 67.3 Å². The quantitative estimate of drug-likeness (QED) is 0.825. The highest BCUT2D eigenvalue weighted by molar-refractivity contribution is 6.30. The second kappa shape index (κ2) is 7.79. The van der Waals surface area contributed by atoms with Crippen LogP contribution in [-0.4, -0.2) is 43.1 Å². The van der Waals surface area contributed by atoms with Crippen molar-refractivity contribution in [3.05, 3.63) is 59.1 Å². The predicted molar refractivity (Wildman–Crippen MR) is 102 cm³/mol. The van der Waals surface area contributed by atoms with Crippen molar-refractivity contribution >= 4 is 23.2 Å². The molecule has 132 valence electrons. The molecule has 1 fully saturated rings. The van der Waals surface area contributed by atoms with E-state index in [9.17, 15) is 4.79 Å². The number of carbonyl (C=O) groups is 1. The predicted octanol–water partition coefficient (Wildman–Crippen LogP) is 4.09. The zero-order valence-electron chi connectivity index (χ0n) is 14.6. The average molecular weight is 359 g/mol. The maximum atomic E-state index is 12.7. The first-order valence-electron chi connectivity index (χ1n) is 8.59. The van der Waals surface area contributed by atoms with Gasteiger partial charge in [-0.15, -0.1) is 0 Å². The summed E-state index contributed by atoms with van der Waals surface area (Å²) in [5, 5.41) is 0.738. The Morgan fingerprint density at radius 3 is 2.12 bits per heavy atom. The van der Waals surface area contributed by atoms with Crippen molar-refractivity contribution in [3.63, 3.8) is 0 Å². The lowest BCUT2D eigenvalue weighted by molar-refractivity contribution is 0.0746. The van der Waals surface area contributed by atoms with Gasteiger partial charge < -0.3 is 14.5 Å². The number of piperazine rings is 1. The third-order valence-corrected chi connectivity index (χ3v) is 4.48. The minimum Gasteiger partial charge on any atom is -0.491 e. The van der Waals surface area contributed by atoms with E-state index in [4.69, 9.17) is 16.3 Å². The number of hydrogen-bond acceptors (Lipinski definition) is 3. The minimum atomic E-state index is 0.0758. The van der Waals surface area contributed by atoms with Crippen LogP contribution in [0.25, 0.3) is 0 Å². The Morgan fingerprint density at radius 1 is 0.960 bits per heavy atom. The number of hydrogen-bond donors (Lipinski definition) is 0. The van der Waals surface area contributed by atoms with E-state index in [1.54, 1.807) is 0 Å². The molecular weight excluding hydrogens is 336 g/mol. The lowest BCUT2D eigenvalue weighted by Crippen LogP contribution is -2.48. The lowest BCUT2D eigenvalue weighted by Gasteiger charge is -2.36. The van der Waals surface area contributed by atoms with Gasteiger partial charge in [0.15, 0.2) is 0 Å². The smallest absolute Gasteiger partial charge is 0.253 e. The van der Waals surface area contributed by atoms with E-state index in [1.165, 1.54) is 0 Å². The Labute approximate surface area is 154 Å². The molecule has 1 saturated heterocycles. The van der Waals surface area contributed by atoms with Gasteiger partial charge in [-0.25, -0.2) is 0 Å². The molecule has 25 heavy (non-hydrogen) atoms. The number of carbonyl (C=O) groups excluding carboxylic acids is 1. The zero-order valence-corrected chi connectivity index (χ0v) is 15.4. The van der Waals surface area contributed by atoms with Crippen molar-refractivity contribution in [2.24, 2.45) is 0 Å². The number of benzene rings is 2. The number of nitrogens with zero attached hydrogens (tertiary/aromatic N) is 2. The average Bonchev–Trinajstić information content (AvgIpc) is 2.62. The Kier molecular flexibility index (Phi) is 5.49. The highest BCUT2D eigenvalue weighted by Gasteiger charge is 2.22. The van der Waals surface area contributed by atoms with Crippen molar-refractivity contribution in [3.8, 4) is 5.75 Å². The fourth-order valence-electron chi connectivity index (χ4n) is 2.95. The highest BCUT2D eigenvalue weighted by Crippen LogP contribution is 2.21. The molecule has 2 aromatic carbocycles. The van der Waals surface area contributed by atoms with Crippen LogP contribution in [0.15, 0.2) is 48.5 Å². The third kappa shape index (κ3) is 4.45. The summed E-state index contributed by atoms with van der Waals surface area (Å²) in [4.78, 5) is 16.9. The van der Waals surface area contributed by atoms with E-state index < -0.39 is 0 Å². The summed E-state index contributed by atoms with van der Waals surface area (Å²) in [7, 11) is 0. The molecule has 1 heterocycles. The molecule has 1 amide bonds. The first-order valence-corrected chi connectivity index (χ1v) is 8.97. The molecule has 4 nitrogen and oxygen atoms in total. The molecule has 0 atom stereocenters. The molecule has 0 radical (unpaired) electrons. The first-order chi connectivity index (χ1) is 12.0. The number of rotatable bonds is 4. The third-order valence-electron chi connectivity index (χ3n) is 4.23. The molecule has 0 spiro atoms. The molecule has 0 bridgehead atoms. The molecule has 0 aliphatic carbocycles. The van der Waals surface area contributed by atoms with Gasteiger partial charge in [0.25, 0.3) is 5.91 Å². The molecule has 0 N–H and O–H groups in total. The summed E-state index contributed by atoms with van der Waals surface area (Å²) < 4.78 is 5.62. The second-order valence-electron chi connectivity index (χ2n) is 6.45. The largest absolute Gasteiger partial charge is 0.491 e. The number of ether oxygens (including phenoxy) is 1. The van der Waals surface area contributed by atoms with Crippen LogP contribution < -0.4 is 9.64 Å². The molecule has 3 rings (SSSR count). The van der Waals surface area contributed by atoms with Gasteiger partial charge in [0, 0.05) is 42.5 Å². The molecule has 1 aliphatic rings. The van der Waals surface area contributed by atoms with Crippen molar-refractivity contribution in [1.29, 1.82) is 0 Å². The maximum Gasteiger partial charge on any atom is 0.253 e. The molecular formula is C20H23ClN2O2. The Bertz CT molecular complexity index is 705. The SMILES string of the molecule is CC(C)Oc1ccc(C(=O)N2CCN(c3ccc(Cl)cc3)CC2)cc1. The highest BCUT2D eigenvalue weighted by atomic mass is 35.5. The van der Waals surface area contributed by atoms with Gasteiger partial charge in [0.1, 0.15) is 5.75 Å². The van der Waals surface area contributed by atoms with E-state index in [2.05, 4.69) is 4.90 Å². The van der Waals surface area contributed by atoms with Gasteiger partial charge in [-0.3, -0.25) is 4.79 Å². The molecule has 0 saturated carbocycles. The summed E-state index contributed by atoms with van der Waals surface area (Å²) in [6, 6.07) is 15.2. The van der Waals surface area contributed by atoms with Crippen LogP contribution in [0.3, 0.4) is 0 Å². The Balaban J connectivity index is 1.58. The summed E-state index contributed by atoms with van der Waals surface area (Å²) in [5.74, 6) is 0.867. The van der Waals surface area contributed by atoms with Crippen LogP contribution in [-0.2, 0) is 0 Å². The van der Waals surface area contributed by atoms with Crippen molar-refractivity contribution in [2.75, 3.05) is 31.1 Å². The van der Waals surface area contributed by atoms with Crippen LogP contribution in [0.4, 0.5) is 5.69 Å². The lowest BCUT2D eigenvalue weighted by atomic mass is 10.1.